The van der Waals surface area contributed by atoms with Crippen LogP contribution in [0.4, 0.5) is 4.39 Å². The van der Waals surface area contributed by atoms with Crippen molar-refractivity contribution < 1.29 is 23.8 Å². The minimum atomic E-state index is -0.919. The van der Waals surface area contributed by atoms with E-state index < -0.39 is 23.5 Å². The van der Waals surface area contributed by atoms with Crippen molar-refractivity contribution in [1.29, 1.82) is 0 Å². The summed E-state index contributed by atoms with van der Waals surface area (Å²) in [5, 5.41) is 12.2. The molecule has 0 aliphatic carbocycles. The smallest absolute Gasteiger partial charge is 0.295 e. The Morgan fingerprint density at radius 3 is 2.58 bits per heavy atom. The molecular formula is C29H25FN2O4. The second kappa shape index (κ2) is 9.70. The molecule has 5 rings (SSSR count). The molecule has 1 saturated heterocycles. The van der Waals surface area contributed by atoms with E-state index in [-0.39, 0.29) is 17.9 Å². The normalized spacial score (nSPS) is 17.2. The summed E-state index contributed by atoms with van der Waals surface area (Å²) in [6, 6.07) is 19.3. The van der Waals surface area contributed by atoms with Crippen LogP contribution in [0.2, 0.25) is 0 Å². The summed E-state index contributed by atoms with van der Waals surface area (Å²) in [5.41, 5.74) is 2.70. The van der Waals surface area contributed by atoms with Gasteiger partial charge in [-0.1, -0.05) is 30.3 Å². The summed E-state index contributed by atoms with van der Waals surface area (Å²) in [4.78, 5) is 31.0. The number of ketones is 1. The Morgan fingerprint density at radius 2 is 1.83 bits per heavy atom. The van der Waals surface area contributed by atoms with Gasteiger partial charge in [-0.05, 0) is 66.9 Å². The number of carbonyl (C=O) groups is 2. The van der Waals surface area contributed by atoms with Crippen molar-refractivity contribution in [2.45, 2.75) is 19.4 Å². The maximum atomic E-state index is 14.2. The molecule has 0 radical (unpaired) electrons. The number of Topliss-reactive ketones (excluding diaryl/α,β-unsaturated/α-hetero) is 1. The monoisotopic (exact) mass is 484 g/mol. The van der Waals surface area contributed by atoms with Crippen LogP contribution in [0.1, 0.15) is 29.7 Å². The van der Waals surface area contributed by atoms with E-state index in [1.165, 1.54) is 23.1 Å². The van der Waals surface area contributed by atoms with E-state index >= 15 is 0 Å². The highest BCUT2D eigenvalue weighted by molar-refractivity contribution is 6.46. The van der Waals surface area contributed by atoms with Gasteiger partial charge in [0.15, 0.2) is 0 Å². The number of para-hydroxylation sites is 1. The maximum Gasteiger partial charge on any atom is 0.295 e. The number of hydrogen-bond donors (Lipinski definition) is 2. The van der Waals surface area contributed by atoms with Gasteiger partial charge in [-0.15, -0.1) is 0 Å². The number of aliphatic hydroxyl groups is 1. The Balaban J connectivity index is 1.54. The molecule has 1 aromatic heterocycles. The van der Waals surface area contributed by atoms with Crippen LogP contribution < -0.4 is 4.74 Å². The number of carbonyl (C=O) groups excluding carboxylic acids is 2. The summed E-state index contributed by atoms with van der Waals surface area (Å²) in [7, 11) is 0. The lowest BCUT2D eigenvalue weighted by molar-refractivity contribution is -0.139. The number of halogens is 1. The summed E-state index contributed by atoms with van der Waals surface area (Å²) in [6.45, 7) is 2.57. The molecule has 1 aliphatic rings. The zero-order chi connectivity index (χ0) is 25.2. The third kappa shape index (κ3) is 4.24. The lowest BCUT2D eigenvalue weighted by atomic mass is 9.95. The predicted molar refractivity (Wildman–Crippen MR) is 135 cm³/mol. The molecule has 6 nitrogen and oxygen atoms in total. The number of rotatable bonds is 7. The van der Waals surface area contributed by atoms with Crippen LogP contribution >= 0.6 is 0 Å². The predicted octanol–water partition coefficient (Wildman–Crippen LogP) is 5.37. The van der Waals surface area contributed by atoms with Crippen molar-refractivity contribution in [2.24, 2.45) is 0 Å². The average molecular weight is 485 g/mol. The van der Waals surface area contributed by atoms with Crippen molar-refractivity contribution >= 4 is 28.4 Å². The van der Waals surface area contributed by atoms with Gasteiger partial charge >= 0.3 is 0 Å². The quantitative estimate of drug-likeness (QED) is 0.210. The van der Waals surface area contributed by atoms with Crippen LogP contribution in [0.5, 0.6) is 5.75 Å². The highest BCUT2D eigenvalue weighted by Crippen LogP contribution is 2.40. The lowest BCUT2D eigenvalue weighted by Gasteiger charge is -2.25. The lowest BCUT2D eigenvalue weighted by Crippen LogP contribution is -2.31. The fourth-order valence-electron chi connectivity index (χ4n) is 4.74. The number of hydrogen-bond acceptors (Lipinski definition) is 4. The molecule has 3 aromatic carbocycles. The zero-order valence-corrected chi connectivity index (χ0v) is 19.7. The number of H-pyrrole nitrogens is 1. The molecule has 0 saturated carbocycles. The fraction of sp³-hybridized carbons (Fsp3) is 0.172. The van der Waals surface area contributed by atoms with Crippen LogP contribution in [0, 0.1) is 5.82 Å². The molecule has 182 valence electrons. The maximum absolute atomic E-state index is 14.2. The second-order valence-electron chi connectivity index (χ2n) is 8.61. The van der Waals surface area contributed by atoms with Gasteiger partial charge in [0, 0.05) is 29.2 Å². The first-order valence-electron chi connectivity index (χ1n) is 11.8. The molecule has 4 aromatic rings. The number of nitrogens with one attached hydrogen (secondary N) is 1. The first-order chi connectivity index (χ1) is 17.5. The van der Waals surface area contributed by atoms with Gasteiger partial charge in [0.2, 0.25) is 0 Å². The average Bonchev–Trinajstić information content (AvgIpc) is 3.41. The molecule has 1 atom stereocenters. The molecule has 0 spiro atoms. The first kappa shape index (κ1) is 23.4. The summed E-state index contributed by atoms with van der Waals surface area (Å²) >= 11 is 0. The molecule has 1 fully saturated rings. The third-order valence-corrected chi connectivity index (χ3v) is 6.44. The number of benzene rings is 3. The molecule has 2 heterocycles. The topological polar surface area (TPSA) is 82.6 Å². The summed E-state index contributed by atoms with van der Waals surface area (Å²) in [5.74, 6) is -1.70. The van der Waals surface area contributed by atoms with E-state index in [1.54, 1.807) is 30.3 Å². The van der Waals surface area contributed by atoms with Gasteiger partial charge in [0.1, 0.15) is 17.3 Å². The SMILES string of the molecule is CCOc1ccc(C(O)=C2C(=O)C(=O)N(CCc3c[nH]c4ccccc34)[C@@H]2c2cccc(F)c2)cc1. The summed E-state index contributed by atoms with van der Waals surface area (Å²) in [6.07, 6.45) is 2.37. The van der Waals surface area contributed by atoms with Crippen molar-refractivity contribution in [1.82, 2.24) is 9.88 Å². The van der Waals surface area contributed by atoms with E-state index in [9.17, 15) is 19.1 Å². The molecule has 7 heteroatoms. The Bertz CT molecular complexity index is 1470. The number of amides is 1. The number of aromatic nitrogens is 1. The van der Waals surface area contributed by atoms with Gasteiger partial charge in [0.05, 0.1) is 18.2 Å². The second-order valence-corrected chi connectivity index (χ2v) is 8.61. The van der Waals surface area contributed by atoms with Gasteiger partial charge < -0.3 is 19.7 Å². The van der Waals surface area contributed by atoms with Crippen molar-refractivity contribution in [3.05, 3.63) is 107 Å². The molecular weight excluding hydrogens is 459 g/mol. The standard InChI is InChI=1S/C29H25FN2O4/c1-2-36-22-12-10-18(11-13-22)27(33)25-26(19-6-5-7-21(30)16-19)32(29(35)28(25)34)15-14-20-17-31-24-9-4-3-8-23(20)24/h3-13,16-17,26,31,33H,2,14-15H2,1H3/t26-/m1/s1. The van der Waals surface area contributed by atoms with Gasteiger partial charge in [-0.2, -0.15) is 0 Å². The Labute approximate surface area is 207 Å². The minimum absolute atomic E-state index is 0.0614. The molecule has 1 amide bonds. The molecule has 0 unspecified atom stereocenters. The van der Waals surface area contributed by atoms with E-state index in [4.69, 9.17) is 4.74 Å². The van der Waals surface area contributed by atoms with E-state index in [1.807, 2.05) is 37.4 Å². The van der Waals surface area contributed by atoms with Crippen LogP contribution in [-0.2, 0) is 16.0 Å². The number of ether oxygens (including phenoxy) is 1. The molecule has 36 heavy (non-hydrogen) atoms. The first-order valence-corrected chi connectivity index (χ1v) is 11.8. The Kier molecular flexibility index (Phi) is 6.29. The Hall–Kier alpha value is -4.39. The minimum Gasteiger partial charge on any atom is -0.507 e. The van der Waals surface area contributed by atoms with Gasteiger partial charge in [-0.25, -0.2) is 4.39 Å². The Morgan fingerprint density at radius 1 is 1.06 bits per heavy atom. The number of fused-ring (bicyclic) bond motifs is 1. The van der Waals surface area contributed by atoms with Gasteiger partial charge in [0.25, 0.3) is 11.7 Å². The number of likely N-dealkylation sites (tertiary alicyclic amines) is 1. The van der Waals surface area contributed by atoms with E-state index in [0.29, 0.717) is 29.9 Å². The van der Waals surface area contributed by atoms with Crippen molar-refractivity contribution in [2.75, 3.05) is 13.2 Å². The highest BCUT2D eigenvalue weighted by Gasteiger charge is 2.46. The zero-order valence-electron chi connectivity index (χ0n) is 19.7. The van der Waals surface area contributed by atoms with E-state index in [0.717, 1.165) is 16.5 Å². The van der Waals surface area contributed by atoms with Crippen LogP contribution in [0.15, 0.2) is 84.6 Å². The third-order valence-electron chi connectivity index (χ3n) is 6.44. The van der Waals surface area contributed by atoms with Crippen molar-refractivity contribution in [3.63, 3.8) is 0 Å². The largest absolute Gasteiger partial charge is 0.507 e. The van der Waals surface area contributed by atoms with Gasteiger partial charge in [-0.3, -0.25) is 9.59 Å². The van der Waals surface area contributed by atoms with Crippen molar-refractivity contribution in [3.8, 4) is 5.75 Å². The number of aromatic amines is 1. The van der Waals surface area contributed by atoms with Crippen LogP contribution in [0.3, 0.4) is 0 Å². The van der Waals surface area contributed by atoms with E-state index in [2.05, 4.69) is 4.98 Å². The summed E-state index contributed by atoms with van der Waals surface area (Å²) < 4.78 is 19.7. The number of nitrogens with zero attached hydrogens (tertiary/aromatic N) is 1. The molecule has 1 aliphatic heterocycles. The van der Waals surface area contributed by atoms with Crippen LogP contribution in [-0.4, -0.2) is 39.8 Å². The van der Waals surface area contributed by atoms with Crippen LogP contribution in [0.25, 0.3) is 16.7 Å². The molecule has 2 N–H and O–H groups in total. The fourth-order valence-corrected chi connectivity index (χ4v) is 4.74. The molecule has 0 bridgehead atoms. The number of aliphatic hydroxyl groups excluding tert-OH is 1. The highest BCUT2D eigenvalue weighted by atomic mass is 19.1.